The van der Waals surface area contributed by atoms with Gasteiger partial charge in [-0.3, -0.25) is 9.79 Å². The fourth-order valence-corrected chi connectivity index (χ4v) is 3.89. The quantitative estimate of drug-likeness (QED) is 0.836. The lowest BCUT2D eigenvalue weighted by atomic mass is 9.95. The molecule has 0 saturated heterocycles. The molecule has 27 heavy (non-hydrogen) atoms. The molecule has 1 amide bonds. The fraction of sp³-hybridized carbons (Fsp3) is 0.273. The minimum atomic E-state index is -0.282. The molecule has 0 fully saturated rings. The largest absolute Gasteiger partial charge is 0.368 e. The molecule has 0 saturated carbocycles. The molecule has 138 valence electrons. The van der Waals surface area contributed by atoms with E-state index in [1.54, 1.807) is 12.1 Å². The topological polar surface area (TPSA) is 35.9 Å². The summed E-state index contributed by atoms with van der Waals surface area (Å²) in [6.45, 7) is 3.83. The molecule has 2 aliphatic rings. The van der Waals surface area contributed by atoms with Crippen molar-refractivity contribution in [1.82, 2.24) is 9.80 Å². The Morgan fingerprint density at radius 3 is 2.52 bits per heavy atom. The molecule has 4 nitrogen and oxygen atoms in total. The number of aliphatic imine (C=N–C) groups is 1. The average Bonchev–Trinajstić information content (AvgIpc) is 2.86. The molecular formula is C22H22FN3O. The highest BCUT2D eigenvalue weighted by molar-refractivity contribution is 6.11. The maximum absolute atomic E-state index is 13.5. The highest BCUT2D eigenvalue weighted by Gasteiger charge is 2.43. The molecule has 0 aliphatic carbocycles. The Labute approximate surface area is 158 Å². The summed E-state index contributed by atoms with van der Waals surface area (Å²) in [6, 6.07) is 16.1. The minimum absolute atomic E-state index is 0.00197. The number of nitrogens with zero attached hydrogens (tertiary/aromatic N) is 3. The van der Waals surface area contributed by atoms with Crippen LogP contribution in [-0.4, -0.2) is 41.6 Å². The molecule has 2 aromatic carbocycles. The van der Waals surface area contributed by atoms with Gasteiger partial charge in [-0.05, 0) is 30.2 Å². The van der Waals surface area contributed by atoms with Crippen molar-refractivity contribution in [3.05, 3.63) is 82.8 Å². The van der Waals surface area contributed by atoms with Crippen molar-refractivity contribution in [3.8, 4) is 0 Å². The van der Waals surface area contributed by atoms with Gasteiger partial charge in [0.15, 0.2) is 0 Å². The standard InChI is InChI=1S/C22H22FN3O/c1-15-19-20(17-8-10-18(23)11-9-17)26(14-16-6-4-3-5-7-16)22(27)21(19)25(2)13-12-24-15/h3-11,20H,12-14H2,1-2H3. The number of carbonyl (C=O) groups excluding carboxylic acids is 1. The molecule has 0 radical (unpaired) electrons. The van der Waals surface area contributed by atoms with E-state index < -0.39 is 0 Å². The number of rotatable bonds is 3. The SMILES string of the molecule is CC1=NCCN(C)C2=C1C(c1ccc(F)cc1)N(Cc1ccccc1)C2=O. The van der Waals surface area contributed by atoms with Crippen LogP contribution in [0.1, 0.15) is 24.1 Å². The van der Waals surface area contributed by atoms with Crippen molar-refractivity contribution in [3.63, 3.8) is 0 Å². The molecule has 1 atom stereocenters. The van der Waals surface area contributed by atoms with Crippen LogP contribution in [0.2, 0.25) is 0 Å². The first-order valence-electron chi connectivity index (χ1n) is 9.13. The van der Waals surface area contributed by atoms with E-state index in [4.69, 9.17) is 0 Å². The van der Waals surface area contributed by atoms with Crippen LogP contribution in [0.3, 0.4) is 0 Å². The van der Waals surface area contributed by atoms with Crippen LogP contribution in [0.15, 0.2) is 70.9 Å². The van der Waals surface area contributed by atoms with E-state index >= 15 is 0 Å². The predicted octanol–water partition coefficient (Wildman–Crippen LogP) is 3.57. The van der Waals surface area contributed by atoms with Gasteiger partial charge < -0.3 is 9.80 Å². The van der Waals surface area contributed by atoms with Gasteiger partial charge in [0.05, 0.1) is 12.6 Å². The van der Waals surface area contributed by atoms with Gasteiger partial charge in [-0.15, -0.1) is 0 Å². The molecule has 5 heteroatoms. The maximum atomic E-state index is 13.5. The molecule has 0 spiro atoms. The predicted molar refractivity (Wildman–Crippen MR) is 104 cm³/mol. The summed E-state index contributed by atoms with van der Waals surface area (Å²) >= 11 is 0. The lowest BCUT2D eigenvalue weighted by molar-refractivity contribution is -0.129. The van der Waals surface area contributed by atoms with Gasteiger partial charge in [0.2, 0.25) is 0 Å². The van der Waals surface area contributed by atoms with E-state index in [9.17, 15) is 9.18 Å². The number of carbonyl (C=O) groups is 1. The van der Waals surface area contributed by atoms with E-state index in [-0.39, 0.29) is 17.8 Å². The first-order valence-corrected chi connectivity index (χ1v) is 9.13. The Balaban J connectivity index is 1.83. The van der Waals surface area contributed by atoms with Crippen LogP contribution in [0.25, 0.3) is 0 Å². The van der Waals surface area contributed by atoms with Crippen LogP contribution in [0.5, 0.6) is 0 Å². The highest BCUT2D eigenvalue weighted by atomic mass is 19.1. The first-order chi connectivity index (χ1) is 13.1. The van der Waals surface area contributed by atoms with Gasteiger partial charge in [0.25, 0.3) is 5.91 Å². The van der Waals surface area contributed by atoms with E-state index in [0.29, 0.717) is 25.3 Å². The zero-order valence-corrected chi connectivity index (χ0v) is 15.5. The van der Waals surface area contributed by atoms with E-state index in [1.807, 2.05) is 54.1 Å². The second-order valence-corrected chi connectivity index (χ2v) is 7.02. The van der Waals surface area contributed by atoms with Crippen LogP contribution >= 0.6 is 0 Å². The Hall–Kier alpha value is -2.95. The Bertz CT molecular complexity index is 918. The van der Waals surface area contributed by atoms with E-state index in [2.05, 4.69) is 4.99 Å². The third kappa shape index (κ3) is 3.14. The summed E-state index contributed by atoms with van der Waals surface area (Å²) in [7, 11) is 1.94. The molecule has 2 aromatic rings. The summed E-state index contributed by atoms with van der Waals surface area (Å²) in [4.78, 5) is 21.9. The zero-order valence-electron chi connectivity index (χ0n) is 15.5. The zero-order chi connectivity index (χ0) is 19.0. The lowest BCUT2D eigenvalue weighted by Crippen LogP contribution is -2.34. The van der Waals surface area contributed by atoms with Crippen molar-refractivity contribution in [2.45, 2.75) is 19.5 Å². The van der Waals surface area contributed by atoms with Crippen LogP contribution in [0, 0.1) is 5.82 Å². The molecule has 0 N–H and O–H groups in total. The van der Waals surface area contributed by atoms with Gasteiger partial charge in [-0.1, -0.05) is 42.5 Å². The van der Waals surface area contributed by atoms with Crippen molar-refractivity contribution < 1.29 is 9.18 Å². The van der Waals surface area contributed by atoms with Crippen molar-refractivity contribution >= 4 is 11.6 Å². The third-order valence-electron chi connectivity index (χ3n) is 5.24. The monoisotopic (exact) mass is 363 g/mol. The summed E-state index contributed by atoms with van der Waals surface area (Å²) in [5, 5.41) is 0. The normalized spacial score (nSPS) is 19.9. The highest BCUT2D eigenvalue weighted by Crippen LogP contribution is 2.41. The lowest BCUT2D eigenvalue weighted by Gasteiger charge is -2.28. The van der Waals surface area contributed by atoms with E-state index in [0.717, 1.165) is 22.4 Å². The van der Waals surface area contributed by atoms with Gasteiger partial charge in [0, 0.05) is 31.4 Å². The first kappa shape index (κ1) is 17.5. The second kappa shape index (κ2) is 6.99. The van der Waals surface area contributed by atoms with E-state index in [1.165, 1.54) is 12.1 Å². The minimum Gasteiger partial charge on any atom is -0.368 e. The Morgan fingerprint density at radius 2 is 1.81 bits per heavy atom. The summed E-state index contributed by atoms with van der Waals surface area (Å²) in [5.74, 6) is -0.280. The van der Waals surface area contributed by atoms with Crippen LogP contribution < -0.4 is 0 Å². The molecule has 2 heterocycles. The van der Waals surface area contributed by atoms with Gasteiger partial charge in [-0.25, -0.2) is 4.39 Å². The van der Waals surface area contributed by atoms with Crippen molar-refractivity contribution in [2.75, 3.05) is 20.1 Å². The smallest absolute Gasteiger partial charge is 0.271 e. The summed E-state index contributed by atoms with van der Waals surface area (Å²) < 4.78 is 13.5. The molecule has 2 aliphatic heterocycles. The number of amides is 1. The second-order valence-electron chi connectivity index (χ2n) is 7.02. The Morgan fingerprint density at radius 1 is 1.11 bits per heavy atom. The number of benzene rings is 2. The van der Waals surface area contributed by atoms with Crippen molar-refractivity contribution in [2.24, 2.45) is 4.99 Å². The average molecular weight is 363 g/mol. The molecule has 0 bridgehead atoms. The number of likely N-dealkylation sites (N-methyl/N-ethyl adjacent to an activating group) is 1. The van der Waals surface area contributed by atoms with Crippen LogP contribution in [-0.2, 0) is 11.3 Å². The molecular weight excluding hydrogens is 341 g/mol. The molecule has 0 aromatic heterocycles. The number of hydrogen-bond donors (Lipinski definition) is 0. The Kier molecular flexibility index (Phi) is 4.52. The molecule has 1 unspecified atom stereocenters. The van der Waals surface area contributed by atoms with Gasteiger partial charge in [-0.2, -0.15) is 0 Å². The maximum Gasteiger partial charge on any atom is 0.271 e. The van der Waals surface area contributed by atoms with Gasteiger partial charge in [0.1, 0.15) is 11.5 Å². The fourth-order valence-electron chi connectivity index (χ4n) is 3.89. The summed E-state index contributed by atoms with van der Waals surface area (Å²) in [5.41, 5.74) is 4.48. The number of hydrogen-bond acceptors (Lipinski definition) is 3. The molecule has 4 rings (SSSR count). The third-order valence-corrected chi connectivity index (χ3v) is 5.24. The number of halogens is 1. The summed E-state index contributed by atoms with van der Waals surface area (Å²) in [6.07, 6.45) is 0. The van der Waals surface area contributed by atoms with Crippen molar-refractivity contribution in [1.29, 1.82) is 0 Å². The van der Waals surface area contributed by atoms with Crippen LogP contribution in [0.4, 0.5) is 4.39 Å². The van der Waals surface area contributed by atoms with Gasteiger partial charge >= 0.3 is 0 Å².